The topological polar surface area (TPSA) is 38.0 Å². The molecule has 0 aromatic heterocycles. The summed E-state index contributed by atoms with van der Waals surface area (Å²) in [6.07, 6.45) is 2.09. The largest absolute Gasteiger partial charge is 0.399 e. The zero-order valence-corrected chi connectivity index (χ0v) is 9.95. The molecule has 2 nitrogen and oxygen atoms in total. The summed E-state index contributed by atoms with van der Waals surface area (Å²) in [4.78, 5) is 0. The number of halogens is 1. The van der Waals surface area contributed by atoms with E-state index in [0.717, 1.165) is 12.2 Å². The Kier molecular flexibility index (Phi) is 4.42. The van der Waals surface area contributed by atoms with Crippen LogP contribution in [0, 0.1) is 0 Å². The minimum absolute atomic E-state index is 0.573. The Morgan fingerprint density at radius 3 is 2.86 bits per heavy atom. The minimum atomic E-state index is 0.573. The lowest BCUT2D eigenvalue weighted by Crippen LogP contribution is -2.12. The molecule has 0 bridgehead atoms. The molecule has 1 rings (SSSR count). The summed E-state index contributed by atoms with van der Waals surface area (Å²) < 4.78 is 0. The van der Waals surface area contributed by atoms with Crippen LogP contribution in [0.5, 0.6) is 0 Å². The maximum atomic E-state index is 6.01. The van der Waals surface area contributed by atoms with E-state index in [-0.39, 0.29) is 0 Å². The second kappa shape index (κ2) is 5.37. The quantitative estimate of drug-likeness (QED) is 0.781. The predicted octanol–water partition coefficient (Wildman–Crippen LogP) is 3.09. The van der Waals surface area contributed by atoms with Crippen molar-refractivity contribution in [2.75, 3.05) is 23.9 Å². The second-order valence-corrected chi connectivity index (χ2v) is 4.85. The first kappa shape index (κ1) is 11.5. The average molecular weight is 231 g/mol. The summed E-state index contributed by atoms with van der Waals surface area (Å²) in [5, 5.41) is 4.53. The fourth-order valence-electron chi connectivity index (χ4n) is 1.01. The van der Waals surface area contributed by atoms with Gasteiger partial charge in [-0.2, -0.15) is 11.8 Å². The van der Waals surface area contributed by atoms with Gasteiger partial charge in [0, 0.05) is 17.5 Å². The Bertz CT molecular complexity index is 304. The number of nitrogen functional groups attached to an aromatic ring is 1. The molecule has 0 saturated carbocycles. The lowest BCUT2D eigenvalue weighted by molar-refractivity contribution is 1.00. The summed E-state index contributed by atoms with van der Waals surface area (Å²) in [7, 11) is 0. The van der Waals surface area contributed by atoms with Crippen LogP contribution in [-0.4, -0.2) is 18.1 Å². The van der Waals surface area contributed by atoms with Crippen molar-refractivity contribution in [3.63, 3.8) is 0 Å². The van der Waals surface area contributed by atoms with Crippen molar-refractivity contribution in [3.8, 4) is 0 Å². The number of hydrogen-bond acceptors (Lipinski definition) is 3. The van der Waals surface area contributed by atoms with Gasteiger partial charge in [0.25, 0.3) is 0 Å². The van der Waals surface area contributed by atoms with E-state index in [1.165, 1.54) is 0 Å². The Labute approximate surface area is 94.2 Å². The zero-order valence-electron chi connectivity index (χ0n) is 8.38. The number of nitrogens with two attached hydrogens (primary N) is 1. The number of benzene rings is 1. The Balaban J connectivity index is 2.59. The molecule has 0 heterocycles. The molecule has 4 heteroatoms. The van der Waals surface area contributed by atoms with Crippen LogP contribution < -0.4 is 11.1 Å². The molecule has 1 unspecified atom stereocenters. The number of anilines is 2. The van der Waals surface area contributed by atoms with Gasteiger partial charge in [-0.15, -0.1) is 0 Å². The minimum Gasteiger partial charge on any atom is -0.399 e. The van der Waals surface area contributed by atoms with Gasteiger partial charge >= 0.3 is 0 Å². The summed E-state index contributed by atoms with van der Waals surface area (Å²) in [6.45, 7) is 3.08. The van der Waals surface area contributed by atoms with Crippen LogP contribution >= 0.6 is 23.4 Å². The van der Waals surface area contributed by atoms with Crippen LogP contribution in [0.3, 0.4) is 0 Å². The zero-order chi connectivity index (χ0) is 10.6. The molecule has 1 aromatic carbocycles. The highest BCUT2D eigenvalue weighted by atomic mass is 35.5. The monoisotopic (exact) mass is 230 g/mol. The first-order valence-electron chi connectivity index (χ1n) is 4.45. The highest BCUT2D eigenvalue weighted by Gasteiger charge is 2.02. The SMILES string of the molecule is CSC(C)CNc1ccc(N)cc1Cl. The molecule has 0 radical (unpaired) electrons. The third-order valence-corrected chi connectivity index (χ3v) is 3.26. The standard InChI is InChI=1S/C10H15ClN2S/c1-7(14-2)6-13-10-4-3-8(12)5-9(10)11/h3-5,7,13H,6,12H2,1-2H3. The number of thioether (sulfide) groups is 1. The Hall–Kier alpha value is -0.540. The molecule has 0 spiro atoms. The molecule has 1 aromatic rings. The maximum absolute atomic E-state index is 6.01. The van der Waals surface area contributed by atoms with Crippen LogP contribution in [0.4, 0.5) is 11.4 Å². The fourth-order valence-corrected chi connectivity index (χ4v) is 1.52. The van der Waals surface area contributed by atoms with Crippen LogP contribution in [0.15, 0.2) is 18.2 Å². The summed E-state index contributed by atoms with van der Waals surface area (Å²) in [6, 6.07) is 5.51. The summed E-state index contributed by atoms with van der Waals surface area (Å²) in [5.74, 6) is 0. The Morgan fingerprint density at radius 1 is 1.57 bits per heavy atom. The van der Waals surface area contributed by atoms with E-state index >= 15 is 0 Å². The van der Waals surface area contributed by atoms with Crippen molar-refractivity contribution in [1.29, 1.82) is 0 Å². The molecular formula is C10H15ClN2S. The number of nitrogens with one attached hydrogen (secondary N) is 1. The molecule has 0 aliphatic carbocycles. The molecule has 78 valence electrons. The van der Waals surface area contributed by atoms with E-state index < -0.39 is 0 Å². The van der Waals surface area contributed by atoms with E-state index in [9.17, 15) is 0 Å². The Morgan fingerprint density at radius 2 is 2.29 bits per heavy atom. The van der Waals surface area contributed by atoms with Crippen LogP contribution in [0.1, 0.15) is 6.92 Å². The van der Waals surface area contributed by atoms with E-state index in [1.807, 2.05) is 23.9 Å². The van der Waals surface area contributed by atoms with Gasteiger partial charge in [0.2, 0.25) is 0 Å². The van der Waals surface area contributed by atoms with Crippen molar-refractivity contribution >= 4 is 34.7 Å². The molecule has 14 heavy (non-hydrogen) atoms. The van der Waals surface area contributed by atoms with Crippen LogP contribution in [0.25, 0.3) is 0 Å². The molecule has 1 atom stereocenters. The van der Waals surface area contributed by atoms with Crippen molar-refractivity contribution in [1.82, 2.24) is 0 Å². The van der Waals surface area contributed by atoms with Crippen molar-refractivity contribution in [2.24, 2.45) is 0 Å². The third kappa shape index (κ3) is 3.31. The van der Waals surface area contributed by atoms with Crippen LogP contribution in [0.2, 0.25) is 5.02 Å². The average Bonchev–Trinajstić information content (AvgIpc) is 2.16. The van der Waals surface area contributed by atoms with Crippen molar-refractivity contribution < 1.29 is 0 Å². The van der Waals surface area contributed by atoms with E-state index in [4.69, 9.17) is 17.3 Å². The normalized spacial score (nSPS) is 12.5. The van der Waals surface area contributed by atoms with Crippen molar-refractivity contribution in [2.45, 2.75) is 12.2 Å². The predicted molar refractivity (Wildman–Crippen MR) is 67.3 cm³/mol. The lowest BCUT2D eigenvalue weighted by atomic mass is 10.3. The summed E-state index contributed by atoms with van der Waals surface area (Å²) >= 11 is 7.83. The molecule has 0 fully saturated rings. The maximum Gasteiger partial charge on any atom is 0.0657 e. The first-order chi connectivity index (χ1) is 6.63. The highest BCUT2D eigenvalue weighted by molar-refractivity contribution is 7.99. The van der Waals surface area contributed by atoms with Gasteiger partial charge in [-0.3, -0.25) is 0 Å². The molecule has 0 amide bonds. The van der Waals surface area contributed by atoms with E-state index in [0.29, 0.717) is 16.0 Å². The van der Waals surface area contributed by atoms with Gasteiger partial charge in [-0.25, -0.2) is 0 Å². The van der Waals surface area contributed by atoms with E-state index in [1.54, 1.807) is 6.07 Å². The molecule has 3 N–H and O–H groups in total. The smallest absolute Gasteiger partial charge is 0.0657 e. The summed E-state index contributed by atoms with van der Waals surface area (Å²) in [5.41, 5.74) is 7.23. The second-order valence-electron chi connectivity index (χ2n) is 3.17. The lowest BCUT2D eigenvalue weighted by Gasteiger charge is -2.12. The third-order valence-electron chi connectivity index (χ3n) is 1.98. The molecule has 0 aliphatic rings. The van der Waals surface area contributed by atoms with Gasteiger partial charge in [0.1, 0.15) is 0 Å². The highest BCUT2D eigenvalue weighted by Crippen LogP contribution is 2.24. The van der Waals surface area contributed by atoms with Gasteiger partial charge in [0.05, 0.1) is 10.7 Å². The molecule has 0 saturated heterocycles. The van der Waals surface area contributed by atoms with Crippen LogP contribution in [-0.2, 0) is 0 Å². The van der Waals surface area contributed by atoms with Crippen molar-refractivity contribution in [3.05, 3.63) is 23.2 Å². The van der Waals surface area contributed by atoms with Gasteiger partial charge in [-0.05, 0) is 24.5 Å². The number of rotatable bonds is 4. The van der Waals surface area contributed by atoms with Gasteiger partial charge < -0.3 is 11.1 Å². The van der Waals surface area contributed by atoms with E-state index in [2.05, 4.69) is 18.5 Å². The first-order valence-corrected chi connectivity index (χ1v) is 6.11. The molecule has 0 aliphatic heterocycles. The number of hydrogen-bond donors (Lipinski definition) is 2. The molecular weight excluding hydrogens is 216 g/mol. The fraction of sp³-hybridized carbons (Fsp3) is 0.400. The van der Waals surface area contributed by atoms with Gasteiger partial charge in [0.15, 0.2) is 0 Å². The van der Waals surface area contributed by atoms with Gasteiger partial charge in [-0.1, -0.05) is 18.5 Å².